The Hall–Kier alpha value is -2.49. The van der Waals surface area contributed by atoms with Crippen molar-refractivity contribution in [1.29, 1.82) is 0 Å². The van der Waals surface area contributed by atoms with Crippen molar-refractivity contribution in [3.05, 3.63) is 47.5 Å². The second-order valence-electron chi connectivity index (χ2n) is 8.64. The molecule has 7 nitrogen and oxygen atoms in total. The summed E-state index contributed by atoms with van der Waals surface area (Å²) < 4.78 is 37.3. The lowest BCUT2D eigenvalue weighted by Gasteiger charge is -2.23. The topological polar surface area (TPSA) is 85.8 Å². The number of nitrogens with zero attached hydrogens (tertiary/aromatic N) is 2. The van der Waals surface area contributed by atoms with Crippen molar-refractivity contribution < 1.29 is 22.7 Å². The zero-order chi connectivity index (χ0) is 24.3. The molecule has 1 aliphatic heterocycles. The first-order chi connectivity index (χ1) is 16.3. The first-order valence-corrected chi connectivity index (χ1v) is 13.9. The average Bonchev–Trinajstić information content (AvgIpc) is 3.47. The van der Waals surface area contributed by atoms with Gasteiger partial charge in [-0.1, -0.05) is 11.3 Å². The van der Waals surface area contributed by atoms with Gasteiger partial charge in [-0.2, -0.15) is 0 Å². The molecular weight excluding hydrogens is 472 g/mol. The average molecular weight is 503 g/mol. The molecule has 4 rings (SSSR count). The minimum atomic E-state index is -3.49. The van der Waals surface area contributed by atoms with Crippen LogP contribution in [0.3, 0.4) is 0 Å². The Labute approximate surface area is 204 Å². The molecular formula is C25H30N2O5S2. The van der Waals surface area contributed by atoms with Gasteiger partial charge in [-0.25, -0.2) is 13.4 Å². The summed E-state index contributed by atoms with van der Waals surface area (Å²) in [5, 5.41) is 0.638. The maximum atomic E-state index is 13.3. The van der Waals surface area contributed by atoms with Gasteiger partial charge in [0.2, 0.25) is 5.91 Å². The molecule has 2 aromatic carbocycles. The van der Waals surface area contributed by atoms with Gasteiger partial charge in [0.25, 0.3) is 0 Å². The minimum Gasteiger partial charge on any atom is -0.497 e. The largest absolute Gasteiger partial charge is 0.497 e. The van der Waals surface area contributed by atoms with Crippen LogP contribution in [0.15, 0.2) is 41.3 Å². The van der Waals surface area contributed by atoms with Crippen molar-refractivity contribution in [2.75, 3.05) is 30.9 Å². The number of amides is 1. The van der Waals surface area contributed by atoms with Crippen molar-refractivity contribution in [3.63, 3.8) is 0 Å². The van der Waals surface area contributed by atoms with Gasteiger partial charge in [-0.05, 0) is 80.6 Å². The van der Waals surface area contributed by atoms with Crippen LogP contribution in [0.1, 0.15) is 36.8 Å². The van der Waals surface area contributed by atoms with Gasteiger partial charge < -0.3 is 9.47 Å². The molecule has 9 heteroatoms. The summed E-state index contributed by atoms with van der Waals surface area (Å²) in [6.07, 6.45) is 2.21. The molecule has 3 aromatic rings. The fourth-order valence-corrected chi connectivity index (χ4v) is 6.39. The summed E-state index contributed by atoms with van der Waals surface area (Å²) in [5.74, 6) is 0.366. The van der Waals surface area contributed by atoms with Gasteiger partial charge >= 0.3 is 0 Å². The van der Waals surface area contributed by atoms with Crippen LogP contribution in [-0.2, 0) is 19.4 Å². The van der Waals surface area contributed by atoms with E-state index >= 15 is 0 Å². The van der Waals surface area contributed by atoms with E-state index in [9.17, 15) is 13.2 Å². The van der Waals surface area contributed by atoms with Gasteiger partial charge in [0.05, 0.1) is 40.6 Å². The quantitative estimate of drug-likeness (QED) is 0.422. The summed E-state index contributed by atoms with van der Waals surface area (Å²) in [7, 11) is -1.95. The van der Waals surface area contributed by atoms with Gasteiger partial charge in [0, 0.05) is 13.0 Å². The highest BCUT2D eigenvalue weighted by Crippen LogP contribution is 2.32. The number of aromatic nitrogens is 1. The molecule has 0 saturated carbocycles. The number of ether oxygens (including phenoxy) is 2. The predicted octanol–water partition coefficient (Wildman–Crippen LogP) is 4.69. The summed E-state index contributed by atoms with van der Waals surface area (Å²) in [6, 6.07) is 10.5. The molecule has 1 saturated heterocycles. The van der Waals surface area contributed by atoms with E-state index in [2.05, 4.69) is 13.0 Å². The van der Waals surface area contributed by atoms with E-state index < -0.39 is 9.84 Å². The highest BCUT2D eigenvalue weighted by atomic mass is 32.2. The first-order valence-electron chi connectivity index (χ1n) is 11.4. The number of hydrogen-bond acceptors (Lipinski definition) is 7. The Kier molecular flexibility index (Phi) is 7.54. The van der Waals surface area contributed by atoms with Crippen LogP contribution in [0.4, 0.5) is 5.13 Å². The maximum absolute atomic E-state index is 13.3. The number of hydrogen-bond donors (Lipinski definition) is 0. The van der Waals surface area contributed by atoms with Crippen molar-refractivity contribution in [1.82, 2.24) is 4.98 Å². The van der Waals surface area contributed by atoms with Crippen LogP contribution in [0.5, 0.6) is 5.75 Å². The van der Waals surface area contributed by atoms with Crippen molar-refractivity contribution >= 4 is 42.4 Å². The number of rotatable bonds is 9. The molecule has 0 spiro atoms. The molecule has 34 heavy (non-hydrogen) atoms. The number of methoxy groups -OCH3 is 1. The molecule has 1 fully saturated rings. The molecule has 0 bridgehead atoms. The SMILES string of the molecule is COc1ccc(S(=O)(=O)CCCC(=O)N(CC2CCCO2)c2nc3cc(C)c(C)cc3s2)cc1. The molecule has 2 heterocycles. The van der Waals surface area contributed by atoms with E-state index in [0.717, 1.165) is 28.6 Å². The molecule has 1 unspecified atom stereocenters. The number of fused-ring (bicyclic) bond motifs is 1. The van der Waals surface area contributed by atoms with E-state index in [4.69, 9.17) is 14.5 Å². The highest BCUT2D eigenvalue weighted by molar-refractivity contribution is 7.91. The normalized spacial score (nSPS) is 16.1. The molecule has 1 atom stereocenters. The number of anilines is 1. The summed E-state index contributed by atoms with van der Waals surface area (Å²) in [6.45, 7) is 5.24. The van der Waals surface area contributed by atoms with Crippen molar-refractivity contribution in [2.45, 2.75) is 50.5 Å². The third kappa shape index (κ3) is 5.59. The Balaban J connectivity index is 1.48. The predicted molar refractivity (Wildman–Crippen MR) is 135 cm³/mol. The van der Waals surface area contributed by atoms with E-state index in [1.807, 2.05) is 13.0 Å². The monoisotopic (exact) mass is 502 g/mol. The lowest BCUT2D eigenvalue weighted by Crippen LogP contribution is -2.37. The van der Waals surface area contributed by atoms with Crippen LogP contribution in [0.25, 0.3) is 10.2 Å². The van der Waals surface area contributed by atoms with Crippen molar-refractivity contribution in [3.8, 4) is 5.75 Å². The van der Waals surface area contributed by atoms with E-state index in [-0.39, 0.29) is 35.5 Å². The molecule has 182 valence electrons. The molecule has 1 aliphatic rings. The van der Waals surface area contributed by atoms with Crippen LogP contribution in [-0.4, -0.2) is 51.4 Å². The van der Waals surface area contributed by atoms with E-state index in [1.54, 1.807) is 17.0 Å². The molecule has 1 aromatic heterocycles. The summed E-state index contributed by atoms with van der Waals surface area (Å²) in [5.41, 5.74) is 3.21. The zero-order valence-electron chi connectivity index (χ0n) is 19.7. The Bertz CT molecular complexity index is 1220. The number of carbonyl (C=O) groups is 1. The number of carbonyl (C=O) groups excluding carboxylic acids is 1. The first kappa shape index (κ1) is 24.6. The van der Waals surface area contributed by atoms with E-state index in [1.165, 1.54) is 36.1 Å². The van der Waals surface area contributed by atoms with Gasteiger partial charge in [-0.15, -0.1) is 0 Å². The van der Waals surface area contributed by atoms with Crippen molar-refractivity contribution in [2.24, 2.45) is 0 Å². The summed E-state index contributed by atoms with van der Waals surface area (Å²) >= 11 is 1.49. The smallest absolute Gasteiger partial charge is 0.228 e. The van der Waals surface area contributed by atoms with E-state index in [0.29, 0.717) is 24.0 Å². The Morgan fingerprint density at radius 3 is 2.62 bits per heavy atom. The van der Waals surface area contributed by atoms with Gasteiger partial charge in [0.1, 0.15) is 5.75 Å². The second-order valence-corrected chi connectivity index (χ2v) is 11.8. The van der Waals surface area contributed by atoms with Gasteiger partial charge in [-0.3, -0.25) is 9.69 Å². The Morgan fingerprint density at radius 2 is 1.94 bits per heavy atom. The zero-order valence-corrected chi connectivity index (χ0v) is 21.4. The van der Waals surface area contributed by atoms with Gasteiger partial charge in [0.15, 0.2) is 15.0 Å². The Morgan fingerprint density at radius 1 is 1.21 bits per heavy atom. The lowest BCUT2D eigenvalue weighted by molar-refractivity contribution is -0.119. The number of sulfone groups is 1. The maximum Gasteiger partial charge on any atom is 0.228 e. The van der Waals surface area contributed by atoms with Crippen LogP contribution in [0.2, 0.25) is 0 Å². The molecule has 1 amide bonds. The third-order valence-corrected chi connectivity index (χ3v) is 9.01. The van der Waals surface area contributed by atoms with Crippen LogP contribution >= 0.6 is 11.3 Å². The molecule has 0 N–H and O–H groups in total. The fraction of sp³-hybridized carbons (Fsp3) is 0.440. The fourth-order valence-electron chi connectivity index (χ4n) is 4.01. The lowest BCUT2D eigenvalue weighted by atomic mass is 10.1. The second kappa shape index (κ2) is 10.4. The summed E-state index contributed by atoms with van der Waals surface area (Å²) in [4.78, 5) is 19.9. The third-order valence-electron chi connectivity index (χ3n) is 6.16. The standard InChI is InChI=1S/C25H30N2O5S2/c1-17-14-22-23(15-18(17)2)33-25(26-22)27(16-20-6-4-12-32-20)24(28)7-5-13-34(29,30)21-10-8-19(31-3)9-11-21/h8-11,14-15,20H,4-7,12-13,16H2,1-3H3. The van der Waals surface area contributed by atoms with Crippen LogP contribution < -0.4 is 9.64 Å². The molecule has 0 aliphatic carbocycles. The number of benzene rings is 2. The number of thiazole rings is 1. The highest BCUT2D eigenvalue weighted by Gasteiger charge is 2.26. The minimum absolute atomic E-state index is 0.0255. The number of aryl methyl sites for hydroxylation is 2. The molecule has 0 radical (unpaired) electrons. The van der Waals surface area contributed by atoms with Crippen LogP contribution in [0, 0.1) is 13.8 Å².